The minimum Gasteiger partial charge on any atom is -0.355 e. The topological polar surface area (TPSA) is 20.7 Å². The first-order chi connectivity index (χ1) is 20.8. The fourth-order valence-electron chi connectivity index (χ4n) is 6.80. The van der Waals surface area contributed by atoms with Crippen LogP contribution in [0.15, 0.2) is 152 Å². The number of fused-ring (bicyclic) bond motifs is 8. The number of nitrogens with zero attached hydrogens (tertiary/aromatic N) is 1. The van der Waals surface area contributed by atoms with Gasteiger partial charge in [0, 0.05) is 38.3 Å². The van der Waals surface area contributed by atoms with E-state index in [0.29, 0.717) is 0 Å². The lowest BCUT2D eigenvalue weighted by molar-refractivity contribution is 1.18. The van der Waals surface area contributed by atoms with Gasteiger partial charge in [0.15, 0.2) is 0 Å². The van der Waals surface area contributed by atoms with E-state index >= 15 is 0 Å². The molecular formula is C40H26N2. The SMILES string of the molecule is c1ccc(-c2cc3c(c4ccccc24)c2cc(-c4ccc5[nH]c6ccccc6c5c4)ccc2n3-c2ccccc2)cc1. The standard InChI is InChI=1S/C40H26N2/c1-3-11-26(12-4-1)33-25-39-40(32-17-8-7-15-30(32)33)35-24-28(20-22-38(35)42(39)29-13-5-2-6-14-29)27-19-21-37-34(23-27)31-16-9-10-18-36(31)41-37/h1-25,41H. The van der Waals surface area contributed by atoms with E-state index in [1.54, 1.807) is 0 Å². The molecule has 2 heteroatoms. The Bertz CT molecular complexity index is 2440. The first kappa shape index (κ1) is 23.1. The highest BCUT2D eigenvalue weighted by Crippen LogP contribution is 2.42. The summed E-state index contributed by atoms with van der Waals surface area (Å²) in [6.07, 6.45) is 0. The van der Waals surface area contributed by atoms with Gasteiger partial charge in [-0.25, -0.2) is 0 Å². The van der Waals surface area contributed by atoms with Crippen LogP contribution >= 0.6 is 0 Å². The van der Waals surface area contributed by atoms with Gasteiger partial charge in [0.2, 0.25) is 0 Å². The highest BCUT2D eigenvalue weighted by molar-refractivity contribution is 6.24. The number of H-pyrrole nitrogens is 1. The summed E-state index contributed by atoms with van der Waals surface area (Å²) in [5.74, 6) is 0. The monoisotopic (exact) mass is 534 g/mol. The van der Waals surface area contributed by atoms with Crippen LogP contribution in [0.2, 0.25) is 0 Å². The number of benzene rings is 7. The molecule has 2 heterocycles. The van der Waals surface area contributed by atoms with E-state index in [-0.39, 0.29) is 0 Å². The van der Waals surface area contributed by atoms with Crippen molar-refractivity contribution >= 4 is 54.4 Å². The van der Waals surface area contributed by atoms with Crippen molar-refractivity contribution in [2.24, 2.45) is 0 Å². The number of hydrogen-bond donors (Lipinski definition) is 1. The molecule has 0 aliphatic carbocycles. The van der Waals surface area contributed by atoms with E-state index in [9.17, 15) is 0 Å². The van der Waals surface area contributed by atoms with Crippen LogP contribution in [-0.2, 0) is 0 Å². The number of aromatic amines is 1. The molecule has 0 amide bonds. The van der Waals surface area contributed by atoms with Crippen molar-refractivity contribution < 1.29 is 0 Å². The summed E-state index contributed by atoms with van der Waals surface area (Å²) >= 11 is 0. The minimum atomic E-state index is 1.17. The van der Waals surface area contributed by atoms with E-state index in [0.717, 1.165) is 0 Å². The van der Waals surface area contributed by atoms with Crippen LogP contribution in [0.5, 0.6) is 0 Å². The molecule has 0 aliphatic rings. The van der Waals surface area contributed by atoms with Crippen molar-refractivity contribution in [3.05, 3.63) is 152 Å². The lowest BCUT2D eigenvalue weighted by atomic mass is 9.94. The second-order valence-electron chi connectivity index (χ2n) is 11.1. The van der Waals surface area contributed by atoms with Crippen LogP contribution < -0.4 is 0 Å². The Labute approximate surface area is 243 Å². The number of hydrogen-bond acceptors (Lipinski definition) is 0. The molecule has 2 aromatic heterocycles. The maximum absolute atomic E-state index is 3.57. The van der Waals surface area contributed by atoms with Crippen molar-refractivity contribution in [1.82, 2.24) is 9.55 Å². The van der Waals surface area contributed by atoms with Gasteiger partial charge in [-0.15, -0.1) is 0 Å². The average molecular weight is 535 g/mol. The third-order valence-electron chi connectivity index (χ3n) is 8.71. The lowest BCUT2D eigenvalue weighted by Crippen LogP contribution is -1.94. The van der Waals surface area contributed by atoms with Crippen LogP contribution in [-0.4, -0.2) is 9.55 Å². The van der Waals surface area contributed by atoms with Gasteiger partial charge in [-0.1, -0.05) is 103 Å². The van der Waals surface area contributed by atoms with Crippen LogP contribution in [0, 0.1) is 0 Å². The molecular weight excluding hydrogens is 508 g/mol. The maximum Gasteiger partial charge on any atom is 0.0553 e. The van der Waals surface area contributed by atoms with E-state index in [1.807, 2.05) is 0 Å². The Morgan fingerprint density at radius 2 is 1.00 bits per heavy atom. The van der Waals surface area contributed by atoms with Crippen LogP contribution in [0.4, 0.5) is 0 Å². The van der Waals surface area contributed by atoms with Gasteiger partial charge in [0.05, 0.1) is 11.0 Å². The van der Waals surface area contributed by atoms with Crippen LogP contribution in [0.3, 0.4) is 0 Å². The summed E-state index contributed by atoms with van der Waals surface area (Å²) < 4.78 is 2.43. The van der Waals surface area contributed by atoms with Crippen molar-refractivity contribution in [3.8, 4) is 27.9 Å². The highest BCUT2D eigenvalue weighted by atomic mass is 15.0. The number of para-hydroxylation sites is 2. The zero-order valence-corrected chi connectivity index (χ0v) is 22.9. The van der Waals surface area contributed by atoms with E-state index in [2.05, 4.69) is 161 Å². The molecule has 7 aromatic carbocycles. The molecule has 0 saturated heterocycles. The van der Waals surface area contributed by atoms with Gasteiger partial charge in [-0.3, -0.25) is 0 Å². The van der Waals surface area contributed by atoms with Crippen molar-refractivity contribution in [2.75, 3.05) is 0 Å². The van der Waals surface area contributed by atoms with Gasteiger partial charge in [-0.05, 0) is 81.6 Å². The summed E-state index contributed by atoms with van der Waals surface area (Å²) in [5, 5.41) is 7.62. The molecule has 0 unspecified atom stereocenters. The van der Waals surface area contributed by atoms with E-state index in [1.165, 1.54) is 82.3 Å². The minimum absolute atomic E-state index is 1.17. The van der Waals surface area contributed by atoms with Gasteiger partial charge in [0.1, 0.15) is 0 Å². The number of nitrogens with one attached hydrogen (secondary N) is 1. The highest BCUT2D eigenvalue weighted by Gasteiger charge is 2.18. The van der Waals surface area contributed by atoms with Crippen LogP contribution in [0.1, 0.15) is 0 Å². The van der Waals surface area contributed by atoms with Crippen molar-refractivity contribution in [1.29, 1.82) is 0 Å². The molecule has 196 valence electrons. The molecule has 0 aliphatic heterocycles. The Morgan fingerprint density at radius 3 is 1.81 bits per heavy atom. The summed E-state index contributed by atoms with van der Waals surface area (Å²) in [6.45, 7) is 0. The molecule has 9 rings (SSSR count). The second kappa shape index (κ2) is 8.95. The first-order valence-corrected chi connectivity index (χ1v) is 14.5. The second-order valence-corrected chi connectivity index (χ2v) is 11.1. The zero-order chi connectivity index (χ0) is 27.6. The number of rotatable bonds is 3. The Balaban J connectivity index is 1.38. The fourth-order valence-corrected chi connectivity index (χ4v) is 6.80. The predicted molar refractivity (Wildman–Crippen MR) is 179 cm³/mol. The van der Waals surface area contributed by atoms with Gasteiger partial charge in [0.25, 0.3) is 0 Å². The summed E-state index contributed by atoms with van der Waals surface area (Å²) in [6, 6.07) is 55.0. The average Bonchev–Trinajstić information content (AvgIpc) is 3.60. The Hall–Kier alpha value is -5.60. The molecule has 1 N–H and O–H groups in total. The van der Waals surface area contributed by atoms with E-state index < -0.39 is 0 Å². The van der Waals surface area contributed by atoms with Gasteiger partial charge in [-0.2, -0.15) is 0 Å². The van der Waals surface area contributed by atoms with E-state index in [4.69, 9.17) is 0 Å². The smallest absolute Gasteiger partial charge is 0.0553 e. The molecule has 0 atom stereocenters. The summed E-state index contributed by atoms with van der Waals surface area (Å²) in [5.41, 5.74) is 10.9. The normalized spacial score (nSPS) is 11.8. The van der Waals surface area contributed by atoms with Crippen LogP contribution in [0.25, 0.3) is 82.3 Å². The quantitative estimate of drug-likeness (QED) is 0.233. The molecule has 42 heavy (non-hydrogen) atoms. The summed E-state index contributed by atoms with van der Waals surface area (Å²) in [4.78, 5) is 3.57. The molecule has 2 nitrogen and oxygen atoms in total. The lowest BCUT2D eigenvalue weighted by Gasteiger charge is -2.12. The van der Waals surface area contributed by atoms with Crippen molar-refractivity contribution in [2.45, 2.75) is 0 Å². The van der Waals surface area contributed by atoms with Gasteiger partial charge < -0.3 is 9.55 Å². The number of aromatic nitrogens is 2. The summed E-state index contributed by atoms with van der Waals surface area (Å²) in [7, 11) is 0. The molecule has 0 spiro atoms. The fraction of sp³-hybridized carbons (Fsp3) is 0. The zero-order valence-electron chi connectivity index (χ0n) is 22.9. The molecule has 0 fully saturated rings. The maximum atomic E-state index is 3.57. The Morgan fingerprint density at radius 1 is 0.381 bits per heavy atom. The largest absolute Gasteiger partial charge is 0.355 e. The van der Waals surface area contributed by atoms with Crippen molar-refractivity contribution in [3.63, 3.8) is 0 Å². The first-order valence-electron chi connectivity index (χ1n) is 14.5. The third-order valence-corrected chi connectivity index (χ3v) is 8.71. The molecule has 0 bridgehead atoms. The molecule has 0 saturated carbocycles. The predicted octanol–water partition coefficient (Wildman–Crippen LogP) is 10.9. The third kappa shape index (κ3) is 3.39. The molecule has 0 radical (unpaired) electrons. The molecule has 9 aromatic rings. The Kier molecular flexibility index (Phi) is 4.93. The van der Waals surface area contributed by atoms with Gasteiger partial charge >= 0.3 is 0 Å².